The fourth-order valence-corrected chi connectivity index (χ4v) is 3.40. The van der Waals surface area contributed by atoms with Gasteiger partial charge in [-0.15, -0.1) is 11.3 Å². The third-order valence-electron chi connectivity index (χ3n) is 3.67. The van der Waals surface area contributed by atoms with Crippen molar-refractivity contribution >= 4 is 27.5 Å². The summed E-state index contributed by atoms with van der Waals surface area (Å²) in [4.78, 5) is 31.8. The van der Waals surface area contributed by atoms with E-state index in [2.05, 4.69) is 9.97 Å². The van der Waals surface area contributed by atoms with Gasteiger partial charge in [0.15, 0.2) is 0 Å². The molecule has 0 aliphatic rings. The fraction of sp³-hybridized carbons (Fsp3) is 0.188. The Morgan fingerprint density at radius 3 is 2.77 bits per heavy atom. The lowest BCUT2D eigenvalue weighted by molar-refractivity contribution is 0.0696. The molecular formula is C16H14N2O3S. The van der Waals surface area contributed by atoms with Crippen LogP contribution in [-0.4, -0.2) is 21.0 Å². The zero-order valence-electron chi connectivity index (χ0n) is 12.1. The maximum Gasteiger partial charge on any atom is 0.335 e. The number of aryl methyl sites for hydroxylation is 2. The van der Waals surface area contributed by atoms with Crippen molar-refractivity contribution in [1.82, 2.24) is 9.97 Å². The van der Waals surface area contributed by atoms with E-state index < -0.39 is 5.97 Å². The molecule has 0 amide bonds. The smallest absolute Gasteiger partial charge is 0.335 e. The normalized spacial score (nSPS) is 11.0. The zero-order valence-corrected chi connectivity index (χ0v) is 13.0. The van der Waals surface area contributed by atoms with Gasteiger partial charge < -0.3 is 10.1 Å². The first-order valence-corrected chi connectivity index (χ1v) is 7.59. The number of aromatic nitrogens is 2. The van der Waals surface area contributed by atoms with E-state index >= 15 is 0 Å². The average Bonchev–Trinajstić information content (AvgIpc) is 2.76. The van der Waals surface area contributed by atoms with Crippen molar-refractivity contribution < 1.29 is 9.90 Å². The second-order valence-corrected chi connectivity index (χ2v) is 6.34. The van der Waals surface area contributed by atoms with Gasteiger partial charge in [0.25, 0.3) is 5.56 Å². The van der Waals surface area contributed by atoms with Crippen molar-refractivity contribution in [1.29, 1.82) is 0 Å². The topological polar surface area (TPSA) is 83.0 Å². The van der Waals surface area contributed by atoms with Crippen LogP contribution in [-0.2, 0) is 6.42 Å². The molecule has 22 heavy (non-hydrogen) atoms. The third kappa shape index (κ3) is 2.42. The van der Waals surface area contributed by atoms with Gasteiger partial charge in [-0.2, -0.15) is 0 Å². The summed E-state index contributed by atoms with van der Waals surface area (Å²) in [6, 6.07) is 6.74. The minimum atomic E-state index is -0.985. The molecule has 0 atom stereocenters. The maximum atomic E-state index is 12.2. The van der Waals surface area contributed by atoms with Crippen molar-refractivity contribution in [2.75, 3.05) is 0 Å². The number of hydrogen-bond acceptors (Lipinski definition) is 4. The van der Waals surface area contributed by atoms with Gasteiger partial charge in [-0.3, -0.25) is 4.79 Å². The lowest BCUT2D eigenvalue weighted by Gasteiger charge is -2.05. The average molecular weight is 314 g/mol. The van der Waals surface area contributed by atoms with Crippen LogP contribution in [0.15, 0.2) is 29.1 Å². The lowest BCUT2D eigenvalue weighted by atomic mass is 10.0. The third-order valence-corrected chi connectivity index (χ3v) is 4.87. The van der Waals surface area contributed by atoms with Crippen LogP contribution in [0.5, 0.6) is 0 Å². The van der Waals surface area contributed by atoms with E-state index in [1.54, 1.807) is 24.3 Å². The Bertz CT molecular complexity index is 940. The van der Waals surface area contributed by atoms with Crippen molar-refractivity contribution in [3.05, 3.63) is 62.0 Å². The number of hydrogen-bond donors (Lipinski definition) is 2. The molecule has 1 aromatic carbocycles. The highest BCUT2D eigenvalue weighted by molar-refractivity contribution is 7.19. The Morgan fingerprint density at radius 1 is 1.32 bits per heavy atom. The van der Waals surface area contributed by atoms with Crippen LogP contribution in [0, 0.1) is 13.8 Å². The number of benzene rings is 1. The number of aromatic amines is 1. The molecular weight excluding hydrogens is 300 g/mol. The summed E-state index contributed by atoms with van der Waals surface area (Å²) >= 11 is 1.43. The highest BCUT2D eigenvalue weighted by atomic mass is 32.1. The minimum absolute atomic E-state index is 0.172. The Hall–Kier alpha value is -2.47. The number of nitrogens with zero attached hydrogens (tertiary/aromatic N) is 1. The van der Waals surface area contributed by atoms with E-state index in [1.165, 1.54) is 11.3 Å². The number of aromatic carboxylic acids is 1. The molecule has 2 heterocycles. The van der Waals surface area contributed by atoms with Crippen LogP contribution in [0.3, 0.4) is 0 Å². The fourth-order valence-electron chi connectivity index (χ4n) is 2.40. The van der Waals surface area contributed by atoms with Gasteiger partial charge in [0, 0.05) is 11.3 Å². The molecule has 0 unspecified atom stereocenters. The van der Waals surface area contributed by atoms with Crippen molar-refractivity contribution in [2.24, 2.45) is 0 Å². The van der Waals surface area contributed by atoms with Gasteiger partial charge in [0.05, 0.1) is 11.1 Å². The standard InChI is InChI=1S/C16H14N2O3S/c1-8-9(2)22-14-13(8)17-12(18-15(14)19)7-10-5-3-4-6-11(10)16(20)21/h3-6H,7H2,1-2H3,(H,20,21)(H,17,18,19). The molecule has 0 aliphatic heterocycles. The van der Waals surface area contributed by atoms with Gasteiger partial charge in [-0.1, -0.05) is 18.2 Å². The van der Waals surface area contributed by atoms with E-state index in [1.807, 2.05) is 13.8 Å². The number of rotatable bonds is 3. The molecule has 0 spiro atoms. The molecule has 112 valence electrons. The second kappa shape index (κ2) is 5.38. The van der Waals surface area contributed by atoms with E-state index in [-0.39, 0.29) is 17.5 Å². The quantitative estimate of drug-likeness (QED) is 0.778. The first-order chi connectivity index (χ1) is 10.5. The van der Waals surface area contributed by atoms with Gasteiger partial charge >= 0.3 is 5.97 Å². The lowest BCUT2D eigenvalue weighted by Crippen LogP contribution is -2.12. The maximum absolute atomic E-state index is 12.2. The predicted octanol–water partition coefficient (Wildman–Crippen LogP) is 2.89. The SMILES string of the molecule is Cc1sc2c(=O)[nH]c(Cc3ccccc3C(=O)O)nc2c1C. The molecule has 3 rings (SSSR count). The largest absolute Gasteiger partial charge is 0.478 e. The number of nitrogens with one attached hydrogen (secondary N) is 1. The Morgan fingerprint density at radius 2 is 2.05 bits per heavy atom. The number of carboxylic acids is 1. The van der Waals surface area contributed by atoms with E-state index in [4.69, 9.17) is 0 Å². The van der Waals surface area contributed by atoms with E-state index in [0.717, 1.165) is 10.4 Å². The first-order valence-electron chi connectivity index (χ1n) is 6.77. The minimum Gasteiger partial charge on any atom is -0.478 e. The monoisotopic (exact) mass is 314 g/mol. The van der Waals surface area contributed by atoms with Crippen LogP contribution in [0.1, 0.15) is 32.2 Å². The zero-order chi connectivity index (χ0) is 15.9. The molecule has 2 aromatic heterocycles. The van der Waals surface area contributed by atoms with Crippen LogP contribution >= 0.6 is 11.3 Å². The summed E-state index contributed by atoms with van der Waals surface area (Å²) < 4.78 is 0.616. The number of thiophene rings is 1. The molecule has 0 radical (unpaired) electrons. The molecule has 0 saturated heterocycles. The number of fused-ring (bicyclic) bond motifs is 1. The molecule has 5 nitrogen and oxygen atoms in total. The summed E-state index contributed by atoms with van der Waals surface area (Å²) in [6.07, 6.45) is 0.280. The molecule has 3 aromatic rings. The van der Waals surface area contributed by atoms with Gasteiger partial charge in [0.2, 0.25) is 0 Å². The summed E-state index contributed by atoms with van der Waals surface area (Å²) in [5.41, 5.74) is 2.38. The van der Waals surface area contributed by atoms with E-state index in [9.17, 15) is 14.7 Å². The molecule has 0 fully saturated rings. The number of carbonyl (C=O) groups is 1. The highest BCUT2D eigenvalue weighted by Crippen LogP contribution is 2.26. The van der Waals surface area contributed by atoms with Gasteiger partial charge in [-0.05, 0) is 31.0 Å². The summed E-state index contributed by atoms with van der Waals surface area (Å²) in [7, 11) is 0. The number of carboxylic acid groups (broad SMARTS) is 1. The molecule has 0 aliphatic carbocycles. The van der Waals surface area contributed by atoms with Crippen LogP contribution in [0.2, 0.25) is 0 Å². The van der Waals surface area contributed by atoms with Crippen LogP contribution in [0.25, 0.3) is 10.2 Å². The van der Waals surface area contributed by atoms with E-state index in [0.29, 0.717) is 21.6 Å². The van der Waals surface area contributed by atoms with Gasteiger partial charge in [-0.25, -0.2) is 9.78 Å². The summed E-state index contributed by atoms with van der Waals surface area (Å²) in [6.45, 7) is 3.90. The van der Waals surface area contributed by atoms with Crippen LogP contribution in [0.4, 0.5) is 0 Å². The van der Waals surface area contributed by atoms with Crippen LogP contribution < -0.4 is 5.56 Å². The van der Waals surface area contributed by atoms with Crippen molar-refractivity contribution in [3.63, 3.8) is 0 Å². The Balaban J connectivity index is 2.11. The van der Waals surface area contributed by atoms with Crippen molar-refractivity contribution in [3.8, 4) is 0 Å². The number of H-pyrrole nitrogens is 1. The first kappa shape index (κ1) is 14.5. The van der Waals surface area contributed by atoms with Crippen molar-refractivity contribution in [2.45, 2.75) is 20.3 Å². The highest BCUT2D eigenvalue weighted by Gasteiger charge is 2.14. The molecule has 0 saturated carbocycles. The summed E-state index contributed by atoms with van der Waals surface area (Å²) in [5.74, 6) is -0.506. The Labute approximate surface area is 130 Å². The Kier molecular flexibility index (Phi) is 3.54. The predicted molar refractivity (Wildman–Crippen MR) is 85.9 cm³/mol. The molecule has 6 heteroatoms. The summed E-state index contributed by atoms with van der Waals surface area (Å²) in [5, 5.41) is 9.23. The molecule has 2 N–H and O–H groups in total. The second-order valence-electron chi connectivity index (χ2n) is 5.11. The van der Waals surface area contributed by atoms with Gasteiger partial charge in [0.1, 0.15) is 10.5 Å². The molecule has 0 bridgehead atoms.